The molecule has 0 saturated heterocycles. The van der Waals surface area contributed by atoms with Crippen LogP contribution in [0.2, 0.25) is 0 Å². The molecule has 0 saturated carbocycles. The van der Waals surface area contributed by atoms with Gasteiger partial charge in [-0.2, -0.15) is 0 Å². The van der Waals surface area contributed by atoms with Crippen molar-refractivity contribution in [1.29, 1.82) is 0 Å². The fourth-order valence-corrected chi connectivity index (χ4v) is 2.79. The average Bonchev–Trinajstić information content (AvgIpc) is 2.88. The van der Waals surface area contributed by atoms with E-state index in [1.165, 1.54) is 5.56 Å². The standard InChI is InChI=1S/C17H18ClNO/c1-12(18)15-7-3-4-8-16(15)19-11-14-10-13-6-2-5-9-17(13)20-14/h2-9,12,14,19H,10-11H2,1H3. The van der Waals surface area contributed by atoms with Gasteiger partial charge in [-0.15, -0.1) is 11.6 Å². The highest BCUT2D eigenvalue weighted by Crippen LogP contribution is 2.30. The SMILES string of the molecule is CC(Cl)c1ccccc1NCC1Cc2ccccc2O1. The van der Waals surface area contributed by atoms with Gasteiger partial charge in [-0.25, -0.2) is 0 Å². The monoisotopic (exact) mass is 287 g/mol. The third-order valence-corrected chi connectivity index (χ3v) is 3.86. The molecule has 0 radical (unpaired) electrons. The summed E-state index contributed by atoms with van der Waals surface area (Å²) in [6.45, 7) is 2.78. The smallest absolute Gasteiger partial charge is 0.123 e. The highest BCUT2D eigenvalue weighted by Gasteiger charge is 2.22. The van der Waals surface area contributed by atoms with E-state index in [-0.39, 0.29) is 11.5 Å². The molecule has 1 N–H and O–H groups in total. The number of rotatable bonds is 4. The fraction of sp³-hybridized carbons (Fsp3) is 0.294. The van der Waals surface area contributed by atoms with E-state index in [9.17, 15) is 0 Å². The first-order valence-electron chi connectivity index (χ1n) is 6.95. The van der Waals surface area contributed by atoms with Crippen LogP contribution in [0.15, 0.2) is 48.5 Å². The molecule has 1 heterocycles. The lowest BCUT2D eigenvalue weighted by molar-refractivity contribution is 0.246. The van der Waals surface area contributed by atoms with Crippen LogP contribution in [0.25, 0.3) is 0 Å². The summed E-state index contributed by atoms with van der Waals surface area (Å²) in [4.78, 5) is 0. The van der Waals surface area contributed by atoms with E-state index in [0.717, 1.165) is 30.0 Å². The molecule has 2 nitrogen and oxygen atoms in total. The van der Waals surface area contributed by atoms with Crippen LogP contribution >= 0.6 is 11.6 Å². The lowest BCUT2D eigenvalue weighted by atomic mass is 10.1. The van der Waals surface area contributed by atoms with Crippen LogP contribution in [0.4, 0.5) is 5.69 Å². The number of alkyl halides is 1. The van der Waals surface area contributed by atoms with Crippen molar-refractivity contribution in [2.75, 3.05) is 11.9 Å². The van der Waals surface area contributed by atoms with Crippen LogP contribution in [0.5, 0.6) is 5.75 Å². The van der Waals surface area contributed by atoms with Crippen molar-refractivity contribution in [2.45, 2.75) is 24.8 Å². The molecule has 2 aromatic rings. The second kappa shape index (κ2) is 5.76. The van der Waals surface area contributed by atoms with E-state index in [1.807, 2.05) is 31.2 Å². The molecule has 2 unspecified atom stereocenters. The summed E-state index contributed by atoms with van der Waals surface area (Å²) >= 11 is 6.21. The van der Waals surface area contributed by atoms with Gasteiger partial charge >= 0.3 is 0 Å². The molecule has 20 heavy (non-hydrogen) atoms. The van der Waals surface area contributed by atoms with Crippen molar-refractivity contribution in [3.63, 3.8) is 0 Å². The molecular formula is C17H18ClNO. The number of nitrogens with one attached hydrogen (secondary N) is 1. The summed E-state index contributed by atoms with van der Waals surface area (Å²) < 4.78 is 5.93. The Kier molecular flexibility index (Phi) is 3.83. The van der Waals surface area contributed by atoms with Gasteiger partial charge < -0.3 is 10.1 Å². The second-order valence-electron chi connectivity index (χ2n) is 5.14. The second-order valence-corrected chi connectivity index (χ2v) is 5.79. The Hall–Kier alpha value is -1.67. The third-order valence-electron chi connectivity index (χ3n) is 3.62. The molecule has 104 valence electrons. The van der Waals surface area contributed by atoms with Gasteiger partial charge in [0, 0.05) is 12.1 Å². The number of halogens is 1. The summed E-state index contributed by atoms with van der Waals surface area (Å²) in [6.07, 6.45) is 1.15. The maximum atomic E-state index is 6.21. The molecule has 3 heteroatoms. The van der Waals surface area contributed by atoms with E-state index in [4.69, 9.17) is 16.3 Å². The fourth-order valence-electron chi connectivity index (χ4n) is 2.60. The highest BCUT2D eigenvalue weighted by molar-refractivity contribution is 6.21. The van der Waals surface area contributed by atoms with Crippen molar-refractivity contribution >= 4 is 17.3 Å². The normalized spacial score (nSPS) is 18.2. The summed E-state index contributed by atoms with van der Waals surface area (Å²) in [5.41, 5.74) is 3.51. The Balaban J connectivity index is 1.65. The molecule has 1 aliphatic rings. The number of anilines is 1. The zero-order valence-corrected chi connectivity index (χ0v) is 12.2. The molecule has 0 aromatic heterocycles. The maximum Gasteiger partial charge on any atom is 0.123 e. The minimum Gasteiger partial charge on any atom is -0.488 e. The van der Waals surface area contributed by atoms with Gasteiger partial charge in [0.1, 0.15) is 11.9 Å². The first kappa shape index (κ1) is 13.3. The summed E-state index contributed by atoms with van der Waals surface area (Å²) in [5.74, 6) is 1.01. The van der Waals surface area contributed by atoms with Gasteiger partial charge in [0.15, 0.2) is 0 Å². The van der Waals surface area contributed by atoms with Gasteiger partial charge in [0.05, 0.1) is 11.9 Å². The van der Waals surface area contributed by atoms with Crippen LogP contribution < -0.4 is 10.1 Å². The van der Waals surface area contributed by atoms with Crippen LogP contribution in [0.3, 0.4) is 0 Å². The molecule has 1 aliphatic heterocycles. The van der Waals surface area contributed by atoms with Crippen LogP contribution in [0.1, 0.15) is 23.4 Å². The number of hydrogen-bond donors (Lipinski definition) is 1. The Labute approximate surface area is 124 Å². The number of fused-ring (bicyclic) bond motifs is 1. The molecular weight excluding hydrogens is 270 g/mol. The molecule has 0 amide bonds. The van der Waals surface area contributed by atoms with Gasteiger partial charge in [-0.05, 0) is 30.2 Å². The highest BCUT2D eigenvalue weighted by atomic mass is 35.5. The molecule has 0 bridgehead atoms. The number of benzene rings is 2. The van der Waals surface area contributed by atoms with E-state index in [1.54, 1.807) is 0 Å². The average molecular weight is 288 g/mol. The van der Waals surface area contributed by atoms with Crippen molar-refractivity contribution < 1.29 is 4.74 Å². The molecule has 0 spiro atoms. The Morgan fingerprint density at radius 2 is 1.95 bits per heavy atom. The molecule has 0 fully saturated rings. The van der Waals surface area contributed by atoms with E-state index >= 15 is 0 Å². The predicted molar refractivity (Wildman–Crippen MR) is 83.8 cm³/mol. The Morgan fingerprint density at radius 1 is 1.20 bits per heavy atom. The van der Waals surface area contributed by atoms with Crippen molar-refractivity contribution in [1.82, 2.24) is 0 Å². The third kappa shape index (κ3) is 2.75. The number of ether oxygens (including phenoxy) is 1. The molecule has 0 aliphatic carbocycles. The van der Waals surface area contributed by atoms with Crippen LogP contribution in [-0.4, -0.2) is 12.6 Å². The summed E-state index contributed by atoms with van der Waals surface area (Å²) in [6, 6.07) is 16.4. The molecule has 2 atom stereocenters. The van der Waals surface area contributed by atoms with E-state index in [0.29, 0.717) is 0 Å². The van der Waals surface area contributed by atoms with Crippen molar-refractivity contribution in [3.8, 4) is 5.75 Å². The minimum absolute atomic E-state index is 0.000364. The first-order valence-corrected chi connectivity index (χ1v) is 7.39. The topological polar surface area (TPSA) is 21.3 Å². The zero-order valence-electron chi connectivity index (χ0n) is 11.5. The lowest BCUT2D eigenvalue weighted by Crippen LogP contribution is -2.24. The van der Waals surface area contributed by atoms with Crippen LogP contribution in [-0.2, 0) is 6.42 Å². The van der Waals surface area contributed by atoms with Gasteiger partial charge in [0.2, 0.25) is 0 Å². The largest absolute Gasteiger partial charge is 0.488 e. The van der Waals surface area contributed by atoms with Crippen molar-refractivity contribution in [3.05, 3.63) is 59.7 Å². The first-order chi connectivity index (χ1) is 9.74. The quantitative estimate of drug-likeness (QED) is 0.842. The van der Waals surface area contributed by atoms with Gasteiger partial charge in [0.25, 0.3) is 0 Å². The number of para-hydroxylation sites is 2. The summed E-state index contributed by atoms with van der Waals surface area (Å²) in [7, 11) is 0. The molecule has 2 aromatic carbocycles. The minimum atomic E-state index is 0.000364. The Morgan fingerprint density at radius 3 is 2.75 bits per heavy atom. The van der Waals surface area contributed by atoms with E-state index < -0.39 is 0 Å². The lowest BCUT2D eigenvalue weighted by Gasteiger charge is -2.16. The van der Waals surface area contributed by atoms with Gasteiger partial charge in [-0.3, -0.25) is 0 Å². The van der Waals surface area contributed by atoms with E-state index in [2.05, 4.69) is 29.6 Å². The number of hydrogen-bond acceptors (Lipinski definition) is 2. The van der Waals surface area contributed by atoms with Crippen molar-refractivity contribution in [2.24, 2.45) is 0 Å². The zero-order chi connectivity index (χ0) is 13.9. The maximum absolute atomic E-state index is 6.21. The predicted octanol–water partition coefficient (Wildman–Crippen LogP) is 4.40. The van der Waals surface area contributed by atoms with Crippen LogP contribution in [0, 0.1) is 0 Å². The summed E-state index contributed by atoms with van der Waals surface area (Å²) in [5, 5.41) is 3.46. The molecule has 3 rings (SSSR count). The Bertz CT molecular complexity index is 572. The van der Waals surface area contributed by atoms with Gasteiger partial charge in [-0.1, -0.05) is 36.4 Å².